The van der Waals surface area contributed by atoms with Gasteiger partial charge in [-0.15, -0.1) is 11.3 Å². The van der Waals surface area contributed by atoms with Gasteiger partial charge >= 0.3 is 0 Å². The third kappa shape index (κ3) is 3.33. The Balaban J connectivity index is 1.74. The number of thiophene rings is 1. The summed E-state index contributed by atoms with van der Waals surface area (Å²) in [6.45, 7) is 3.63. The minimum atomic E-state index is 0.288. The predicted molar refractivity (Wildman–Crippen MR) is 75.8 cm³/mol. The van der Waals surface area contributed by atoms with Crippen LogP contribution in [0.25, 0.3) is 0 Å². The van der Waals surface area contributed by atoms with Gasteiger partial charge in [-0.05, 0) is 44.7 Å². The number of amides is 1. The number of carbonyl (C=O) groups excluding carboxylic acids is 1. The number of hydrogen-bond donors (Lipinski definition) is 1. The summed E-state index contributed by atoms with van der Waals surface area (Å²) in [6, 6.07) is 4.61. The lowest BCUT2D eigenvalue weighted by Crippen LogP contribution is -2.39. The number of carbonyl (C=O) groups is 1. The molecule has 1 atom stereocenters. The van der Waals surface area contributed by atoms with Crippen molar-refractivity contribution in [3.63, 3.8) is 0 Å². The molecule has 0 bridgehead atoms. The number of likely N-dealkylation sites (tertiary alicyclic amines) is 1. The van der Waals surface area contributed by atoms with Crippen molar-refractivity contribution in [1.82, 2.24) is 4.90 Å². The Hall–Kier alpha value is -0.870. The van der Waals surface area contributed by atoms with Gasteiger partial charge in [0.15, 0.2) is 0 Å². The molecule has 2 N–H and O–H groups in total. The van der Waals surface area contributed by atoms with Crippen molar-refractivity contribution in [2.24, 2.45) is 5.73 Å². The van der Waals surface area contributed by atoms with E-state index in [-0.39, 0.29) is 5.91 Å². The van der Waals surface area contributed by atoms with Crippen LogP contribution >= 0.6 is 11.3 Å². The molecule has 0 radical (unpaired) electrons. The molecule has 1 aromatic heterocycles. The summed E-state index contributed by atoms with van der Waals surface area (Å²) >= 11 is 1.83. The van der Waals surface area contributed by atoms with Crippen LogP contribution < -0.4 is 5.73 Å². The number of nitrogens with two attached hydrogens (primary N) is 1. The van der Waals surface area contributed by atoms with Gasteiger partial charge in [0.1, 0.15) is 0 Å². The van der Waals surface area contributed by atoms with Crippen molar-refractivity contribution >= 4 is 17.2 Å². The van der Waals surface area contributed by atoms with Crippen molar-refractivity contribution in [2.45, 2.75) is 45.1 Å². The Kier molecular flexibility index (Phi) is 4.78. The van der Waals surface area contributed by atoms with Gasteiger partial charge in [0, 0.05) is 35.3 Å². The van der Waals surface area contributed by atoms with E-state index in [1.807, 2.05) is 16.2 Å². The van der Waals surface area contributed by atoms with Crippen molar-refractivity contribution < 1.29 is 4.79 Å². The quantitative estimate of drug-likeness (QED) is 0.889. The van der Waals surface area contributed by atoms with Crippen LogP contribution in [-0.2, 0) is 11.2 Å². The predicted octanol–water partition coefficient (Wildman–Crippen LogP) is 2.33. The van der Waals surface area contributed by atoms with Crippen molar-refractivity contribution in [3.8, 4) is 0 Å². The summed E-state index contributed by atoms with van der Waals surface area (Å²) < 4.78 is 0. The summed E-state index contributed by atoms with van der Waals surface area (Å²) in [5.41, 5.74) is 5.69. The zero-order valence-electron chi connectivity index (χ0n) is 11.0. The first-order valence-corrected chi connectivity index (χ1v) is 7.57. The van der Waals surface area contributed by atoms with Crippen LogP contribution in [0.1, 0.15) is 35.4 Å². The highest BCUT2D eigenvalue weighted by Gasteiger charge is 2.26. The maximum Gasteiger partial charge on any atom is 0.222 e. The maximum absolute atomic E-state index is 12.1. The van der Waals surface area contributed by atoms with Crippen LogP contribution in [-0.4, -0.2) is 29.9 Å². The molecular formula is C14H22N2OS. The Labute approximate surface area is 113 Å². The Bertz CT molecular complexity index is 402. The Morgan fingerprint density at radius 1 is 1.56 bits per heavy atom. The van der Waals surface area contributed by atoms with Crippen LogP contribution in [0.2, 0.25) is 0 Å². The first-order valence-electron chi connectivity index (χ1n) is 6.75. The largest absolute Gasteiger partial charge is 0.338 e. The highest BCUT2D eigenvalue weighted by atomic mass is 32.1. The topological polar surface area (TPSA) is 46.3 Å². The summed E-state index contributed by atoms with van der Waals surface area (Å²) in [6.07, 6.45) is 4.81. The van der Waals surface area contributed by atoms with E-state index in [1.165, 1.54) is 9.75 Å². The van der Waals surface area contributed by atoms with E-state index in [0.717, 1.165) is 32.2 Å². The molecule has 2 rings (SSSR count). The molecule has 0 aliphatic carbocycles. The smallest absolute Gasteiger partial charge is 0.222 e. The van der Waals surface area contributed by atoms with Gasteiger partial charge in [0.05, 0.1) is 0 Å². The fraction of sp³-hybridized carbons (Fsp3) is 0.643. The molecule has 1 fully saturated rings. The lowest BCUT2D eigenvalue weighted by atomic mass is 10.2. The average molecular weight is 266 g/mol. The molecule has 0 aromatic carbocycles. The molecule has 1 saturated heterocycles. The molecular weight excluding hydrogens is 244 g/mol. The van der Waals surface area contributed by atoms with Gasteiger partial charge in [0.2, 0.25) is 5.91 Å². The van der Waals surface area contributed by atoms with E-state index >= 15 is 0 Å². The van der Waals surface area contributed by atoms with E-state index in [0.29, 0.717) is 19.0 Å². The second kappa shape index (κ2) is 6.34. The second-order valence-corrected chi connectivity index (χ2v) is 6.36. The zero-order valence-corrected chi connectivity index (χ0v) is 11.8. The highest BCUT2D eigenvalue weighted by molar-refractivity contribution is 7.11. The van der Waals surface area contributed by atoms with E-state index < -0.39 is 0 Å². The first-order chi connectivity index (χ1) is 8.70. The average Bonchev–Trinajstić information content (AvgIpc) is 2.97. The van der Waals surface area contributed by atoms with E-state index in [4.69, 9.17) is 5.73 Å². The van der Waals surface area contributed by atoms with Crippen LogP contribution in [0.5, 0.6) is 0 Å². The van der Waals surface area contributed by atoms with Crippen molar-refractivity contribution in [3.05, 3.63) is 21.9 Å². The van der Waals surface area contributed by atoms with Gasteiger partial charge < -0.3 is 10.6 Å². The fourth-order valence-corrected chi connectivity index (χ4v) is 3.52. The number of hydrogen-bond acceptors (Lipinski definition) is 3. The van der Waals surface area contributed by atoms with Crippen LogP contribution in [0, 0.1) is 6.92 Å². The second-order valence-electron chi connectivity index (χ2n) is 4.98. The first kappa shape index (κ1) is 13.6. The SMILES string of the molecule is Cc1ccc(CCCC(=O)N2CCCC2CN)s1. The lowest BCUT2D eigenvalue weighted by Gasteiger charge is -2.23. The number of nitrogens with zero attached hydrogens (tertiary/aromatic N) is 1. The molecule has 1 amide bonds. The molecule has 0 saturated carbocycles. The molecule has 1 aromatic rings. The van der Waals surface area contributed by atoms with Crippen molar-refractivity contribution in [2.75, 3.05) is 13.1 Å². The van der Waals surface area contributed by atoms with Crippen LogP contribution in [0.15, 0.2) is 12.1 Å². The minimum Gasteiger partial charge on any atom is -0.338 e. The van der Waals surface area contributed by atoms with Crippen molar-refractivity contribution in [1.29, 1.82) is 0 Å². The zero-order chi connectivity index (χ0) is 13.0. The number of rotatable bonds is 5. The minimum absolute atomic E-state index is 0.288. The number of aryl methyl sites for hydroxylation is 2. The molecule has 100 valence electrons. The summed E-state index contributed by atoms with van der Waals surface area (Å²) in [4.78, 5) is 16.8. The third-order valence-corrected chi connectivity index (χ3v) is 4.64. The van der Waals surface area contributed by atoms with Gasteiger partial charge in [-0.2, -0.15) is 0 Å². The monoisotopic (exact) mass is 266 g/mol. The normalized spacial score (nSPS) is 19.4. The Morgan fingerprint density at radius 2 is 2.39 bits per heavy atom. The van der Waals surface area contributed by atoms with Gasteiger partial charge in [-0.3, -0.25) is 4.79 Å². The molecule has 18 heavy (non-hydrogen) atoms. The summed E-state index contributed by atoms with van der Waals surface area (Å²) in [5, 5.41) is 0. The van der Waals surface area contributed by atoms with Crippen LogP contribution in [0.3, 0.4) is 0 Å². The van der Waals surface area contributed by atoms with E-state index in [9.17, 15) is 4.79 Å². The van der Waals surface area contributed by atoms with Crippen LogP contribution in [0.4, 0.5) is 0 Å². The molecule has 3 nitrogen and oxygen atoms in total. The van der Waals surface area contributed by atoms with Gasteiger partial charge in [0.25, 0.3) is 0 Å². The molecule has 1 aliphatic heterocycles. The van der Waals surface area contributed by atoms with Gasteiger partial charge in [-0.25, -0.2) is 0 Å². The Morgan fingerprint density at radius 3 is 3.06 bits per heavy atom. The summed E-state index contributed by atoms with van der Waals surface area (Å²) in [5.74, 6) is 0.288. The van der Waals surface area contributed by atoms with E-state index in [1.54, 1.807) is 0 Å². The molecule has 4 heteroatoms. The maximum atomic E-state index is 12.1. The van der Waals surface area contributed by atoms with E-state index in [2.05, 4.69) is 19.1 Å². The fourth-order valence-electron chi connectivity index (χ4n) is 2.59. The molecule has 2 heterocycles. The summed E-state index contributed by atoms with van der Waals surface area (Å²) in [7, 11) is 0. The van der Waals surface area contributed by atoms with Gasteiger partial charge in [-0.1, -0.05) is 0 Å². The molecule has 1 unspecified atom stereocenters. The molecule has 1 aliphatic rings. The third-order valence-electron chi connectivity index (χ3n) is 3.58. The lowest BCUT2D eigenvalue weighted by molar-refractivity contribution is -0.131. The standard InChI is InChI=1S/C14H22N2OS/c1-11-7-8-13(18-11)5-2-6-14(17)16-9-3-4-12(16)10-15/h7-8,12H,2-6,9-10,15H2,1H3. The highest BCUT2D eigenvalue weighted by Crippen LogP contribution is 2.20. The molecule has 0 spiro atoms.